The third-order valence-corrected chi connectivity index (χ3v) is 6.77. The van der Waals surface area contributed by atoms with Gasteiger partial charge in [0.2, 0.25) is 0 Å². The van der Waals surface area contributed by atoms with Gasteiger partial charge in [-0.25, -0.2) is 15.0 Å². The number of aromatic amines is 1. The highest BCUT2D eigenvalue weighted by atomic mass is 16.5. The first-order chi connectivity index (χ1) is 15.3. The lowest BCUT2D eigenvalue weighted by atomic mass is 9.90. The molecule has 2 fully saturated rings. The second-order valence-corrected chi connectivity index (χ2v) is 8.56. The molecule has 0 aromatic carbocycles. The van der Waals surface area contributed by atoms with E-state index in [1.165, 1.54) is 12.8 Å². The lowest BCUT2D eigenvalue weighted by Gasteiger charge is -2.39. The normalized spacial score (nSPS) is 22.8. The topological polar surface area (TPSA) is 83.4 Å². The van der Waals surface area contributed by atoms with Gasteiger partial charge in [0.15, 0.2) is 0 Å². The molecule has 31 heavy (non-hydrogen) atoms. The number of H-pyrrole nitrogens is 1. The van der Waals surface area contributed by atoms with E-state index in [1.54, 1.807) is 6.33 Å². The lowest BCUT2D eigenvalue weighted by Crippen LogP contribution is -2.46. The first-order valence-electron chi connectivity index (χ1n) is 11.2. The van der Waals surface area contributed by atoms with E-state index < -0.39 is 0 Å². The van der Waals surface area contributed by atoms with Crippen molar-refractivity contribution < 1.29 is 4.74 Å². The smallest absolute Gasteiger partial charge is 0.143 e. The minimum absolute atomic E-state index is 0.439. The molecule has 0 amide bonds. The molecule has 160 valence electrons. The van der Waals surface area contributed by atoms with Crippen molar-refractivity contribution in [2.75, 3.05) is 31.6 Å². The van der Waals surface area contributed by atoms with Gasteiger partial charge < -0.3 is 19.4 Å². The Morgan fingerprint density at radius 3 is 2.77 bits per heavy atom. The number of pyridine rings is 1. The van der Waals surface area contributed by atoms with Crippen molar-refractivity contribution >= 4 is 22.5 Å². The summed E-state index contributed by atoms with van der Waals surface area (Å²) in [6.45, 7) is 3.89. The van der Waals surface area contributed by atoms with Crippen LogP contribution in [0.15, 0.2) is 43.2 Å². The Morgan fingerprint density at radius 2 is 1.90 bits per heavy atom. The molecule has 8 heteroatoms. The van der Waals surface area contributed by atoms with Crippen molar-refractivity contribution in [2.45, 2.75) is 37.8 Å². The molecule has 0 atom stereocenters. The molecule has 1 aliphatic heterocycles. The largest absolute Gasteiger partial charge is 0.379 e. The predicted molar refractivity (Wildman–Crippen MR) is 120 cm³/mol. The molecule has 8 nitrogen and oxygen atoms in total. The first kappa shape index (κ1) is 18.8. The molecule has 1 saturated carbocycles. The summed E-state index contributed by atoms with van der Waals surface area (Å²) < 4.78 is 7.55. The van der Waals surface area contributed by atoms with Crippen molar-refractivity contribution in [3.63, 3.8) is 0 Å². The SMILES string of the molecule is c1nc(NC2CCC(N3CCOCC3)CC2)c2c(-c3ccc4nccn4c3)c[nH]c2n1. The Hall–Kier alpha value is -2.97. The number of morpholine rings is 1. The zero-order valence-electron chi connectivity index (χ0n) is 17.5. The van der Waals surface area contributed by atoms with Gasteiger partial charge in [0.05, 0.1) is 18.6 Å². The van der Waals surface area contributed by atoms with Gasteiger partial charge in [-0.2, -0.15) is 0 Å². The number of nitrogens with zero attached hydrogens (tertiary/aromatic N) is 5. The summed E-state index contributed by atoms with van der Waals surface area (Å²) in [5.41, 5.74) is 4.02. The van der Waals surface area contributed by atoms with Crippen molar-refractivity contribution in [2.24, 2.45) is 0 Å². The average molecular weight is 418 g/mol. The third kappa shape index (κ3) is 3.55. The quantitative estimate of drug-likeness (QED) is 0.530. The van der Waals surface area contributed by atoms with Crippen LogP contribution in [0.4, 0.5) is 5.82 Å². The minimum atomic E-state index is 0.439. The maximum Gasteiger partial charge on any atom is 0.143 e. The van der Waals surface area contributed by atoms with Gasteiger partial charge in [0.1, 0.15) is 23.4 Å². The summed E-state index contributed by atoms with van der Waals surface area (Å²) in [6, 6.07) is 5.28. The Bertz CT molecular complexity index is 1190. The Labute approximate surface area is 180 Å². The van der Waals surface area contributed by atoms with Gasteiger partial charge in [-0.3, -0.25) is 4.90 Å². The van der Waals surface area contributed by atoms with Crippen LogP contribution in [0.3, 0.4) is 0 Å². The van der Waals surface area contributed by atoms with Crippen LogP contribution in [0.2, 0.25) is 0 Å². The van der Waals surface area contributed by atoms with E-state index in [1.807, 2.05) is 29.1 Å². The molecular formula is C23H27N7O. The van der Waals surface area contributed by atoms with Gasteiger partial charge in [0.25, 0.3) is 0 Å². The summed E-state index contributed by atoms with van der Waals surface area (Å²) >= 11 is 0. The van der Waals surface area contributed by atoms with E-state index in [-0.39, 0.29) is 0 Å². The van der Waals surface area contributed by atoms with E-state index in [4.69, 9.17) is 4.74 Å². The van der Waals surface area contributed by atoms with Crippen molar-refractivity contribution in [1.29, 1.82) is 0 Å². The number of ether oxygens (including phenoxy) is 1. The lowest BCUT2D eigenvalue weighted by molar-refractivity contribution is 0.00791. The van der Waals surface area contributed by atoms with Crippen LogP contribution < -0.4 is 5.32 Å². The van der Waals surface area contributed by atoms with Crippen LogP contribution in [0.1, 0.15) is 25.7 Å². The zero-order chi connectivity index (χ0) is 20.6. The van der Waals surface area contributed by atoms with Gasteiger partial charge in [0, 0.05) is 61.1 Å². The van der Waals surface area contributed by atoms with E-state index in [0.29, 0.717) is 12.1 Å². The molecule has 0 bridgehead atoms. The minimum Gasteiger partial charge on any atom is -0.379 e. The fourth-order valence-corrected chi connectivity index (χ4v) is 5.10. The second kappa shape index (κ2) is 7.94. The predicted octanol–water partition coefficient (Wildman–Crippen LogP) is 3.33. The highest BCUT2D eigenvalue weighted by Gasteiger charge is 2.27. The zero-order valence-corrected chi connectivity index (χ0v) is 17.5. The fourth-order valence-electron chi connectivity index (χ4n) is 5.10. The summed E-state index contributed by atoms with van der Waals surface area (Å²) in [4.78, 5) is 19.4. The van der Waals surface area contributed by atoms with E-state index in [9.17, 15) is 0 Å². The number of fused-ring (bicyclic) bond motifs is 2. The van der Waals surface area contributed by atoms with Crippen molar-refractivity contribution in [3.8, 4) is 11.1 Å². The molecule has 0 radical (unpaired) electrons. The maximum absolute atomic E-state index is 5.51. The second-order valence-electron chi connectivity index (χ2n) is 8.56. The molecule has 6 rings (SSSR count). The summed E-state index contributed by atoms with van der Waals surface area (Å²) in [7, 11) is 0. The number of hydrogen-bond acceptors (Lipinski definition) is 6. The molecule has 4 aromatic rings. The summed E-state index contributed by atoms with van der Waals surface area (Å²) in [5, 5.41) is 4.80. The Kier molecular flexibility index (Phi) is 4.81. The van der Waals surface area contributed by atoms with E-state index >= 15 is 0 Å². The monoisotopic (exact) mass is 417 g/mol. The molecule has 5 heterocycles. The molecular weight excluding hydrogens is 390 g/mol. The van der Waals surface area contributed by atoms with Crippen LogP contribution in [0, 0.1) is 0 Å². The highest BCUT2D eigenvalue weighted by molar-refractivity contribution is 6.00. The maximum atomic E-state index is 5.51. The van der Waals surface area contributed by atoms with Crippen LogP contribution in [-0.4, -0.2) is 67.6 Å². The van der Waals surface area contributed by atoms with Gasteiger partial charge in [-0.1, -0.05) is 0 Å². The molecule has 0 spiro atoms. The molecule has 0 unspecified atom stereocenters. The van der Waals surface area contributed by atoms with Crippen LogP contribution >= 0.6 is 0 Å². The Morgan fingerprint density at radius 1 is 1.03 bits per heavy atom. The van der Waals surface area contributed by atoms with Crippen LogP contribution in [-0.2, 0) is 4.74 Å². The van der Waals surface area contributed by atoms with Gasteiger partial charge >= 0.3 is 0 Å². The molecule has 1 saturated heterocycles. The van der Waals surface area contributed by atoms with Crippen LogP contribution in [0.5, 0.6) is 0 Å². The molecule has 1 aliphatic carbocycles. The fraction of sp³-hybridized carbons (Fsp3) is 0.435. The molecule has 4 aromatic heterocycles. The average Bonchev–Trinajstić information content (AvgIpc) is 3.47. The standard InChI is InChI=1S/C23H27N7O/c1-6-20-24-7-8-30(20)14-16(1)19-13-25-22-21(19)23(27-15-26-22)28-17-2-4-18(5-3-17)29-9-11-31-12-10-29/h1,6-8,13-15,17-18H,2-5,9-12H2,(H2,25,26,27,28). The number of nitrogens with one attached hydrogen (secondary N) is 2. The first-order valence-corrected chi connectivity index (χ1v) is 11.2. The number of anilines is 1. The molecule has 2 N–H and O–H groups in total. The molecule has 2 aliphatic rings. The summed E-state index contributed by atoms with van der Waals surface area (Å²) in [5.74, 6) is 0.918. The number of rotatable bonds is 4. The van der Waals surface area contributed by atoms with Gasteiger partial charge in [-0.15, -0.1) is 0 Å². The summed E-state index contributed by atoms with van der Waals surface area (Å²) in [6.07, 6.45) is 14.3. The van der Waals surface area contributed by atoms with E-state index in [0.717, 1.165) is 72.8 Å². The number of aromatic nitrogens is 5. The third-order valence-electron chi connectivity index (χ3n) is 6.77. The van der Waals surface area contributed by atoms with Crippen LogP contribution in [0.25, 0.3) is 27.8 Å². The van der Waals surface area contributed by atoms with Crippen molar-refractivity contribution in [3.05, 3.63) is 43.2 Å². The van der Waals surface area contributed by atoms with E-state index in [2.05, 4.69) is 42.4 Å². The Balaban J connectivity index is 1.24. The highest BCUT2D eigenvalue weighted by Crippen LogP contribution is 2.34. The number of imidazole rings is 1. The number of hydrogen-bond donors (Lipinski definition) is 2. The van der Waals surface area contributed by atoms with Gasteiger partial charge in [-0.05, 0) is 37.8 Å². The van der Waals surface area contributed by atoms with Crippen molar-refractivity contribution in [1.82, 2.24) is 29.2 Å².